The smallest absolute Gasteiger partial charge is 0.0881 e. The Bertz CT molecular complexity index is 182. The van der Waals surface area contributed by atoms with E-state index in [2.05, 4.69) is 13.8 Å². The van der Waals surface area contributed by atoms with Crippen molar-refractivity contribution in [3.05, 3.63) is 0 Å². The summed E-state index contributed by atoms with van der Waals surface area (Å²) in [5, 5.41) is 0. The Morgan fingerprint density at radius 1 is 1.06 bits per heavy atom. The molecule has 1 fully saturated rings. The van der Waals surface area contributed by atoms with Crippen LogP contribution in [0.2, 0.25) is 0 Å². The molecule has 1 atom stereocenters. The molecule has 16 heavy (non-hydrogen) atoms. The average molecular weight is 232 g/mol. The molecule has 0 spiro atoms. The first-order valence-electron chi connectivity index (χ1n) is 6.01. The van der Waals surface area contributed by atoms with Crippen LogP contribution in [0.25, 0.3) is 0 Å². The summed E-state index contributed by atoms with van der Waals surface area (Å²) < 4.78 is 21.4. The molecule has 4 heteroatoms. The predicted molar refractivity (Wildman–Crippen MR) is 61.7 cm³/mol. The molecule has 1 aliphatic rings. The summed E-state index contributed by atoms with van der Waals surface area (Å²) in [7, 11) is 0. The van der Waals surface area contributed by atoms with E-state index in [1.165, 1.54) is 0 Å². The second-order valence-electron chi connectivity index (χ2n) is 4.67. The van der Waals surface area contributed by atoms with Gasteiger partial charge in [0.05, 0.1) is 45.7 Å². The number of ether oxygens (including phenoxy) is 4. The number of hydrogen-bond donors (Lipinski definition) is 0. The van der Waals surface area contributed by atoms with Crippen LogP contribution in [0.3, 0.4) is 0 Å². The second-order valence-corrected chi connectivity index (χ2v) is 4.67. The Morgan fingerprint density at radius 2 is 1.69 bits per heavy atom. The zero-order valence-corrected chi connectivity index (χ0v) is 10.7. The minimum atomic E-state index is 0.246. The molecule has 0 aromatic carbocycles. The lowest BCUT2D eigenvalue weighted by Gasteiger charge is -2.43. The number of rotatable bonds is 9. The molecule has 0 N–H and O–H groups in total. The fraction of sp³-hybridized carbons (Fsp3) is 1.00. The molecule has 1 aliphatic heterocycles. The summed E-state index contributed by atoms with van der Waals surface area (Å²) in [5.41, 5.74) is 0.274. The van der Waals surface area contributed by atoms with Crippen molar-refractivity contribution in [2.24, 2.45) is 5.41 Å². The van der Waals surface area contributed by atoms with Crippen molar-refractivity contribution in [3.63, 3.8) is 0 Å². The molecule has 4 nitrogen and oxygen atoms in total. The van der Waals surface area contributed by atoms with Gasteiger partial charge in [-0.1, -0.05) is 13.8 Å². The van der Waals surface area contributed by atoms with E-state index in [-0.39, 0.29) is 11.5 Å². The first kappa shape index (κ1) is 13.9. The second kappa shape index (κ2) is 7.22. The van der Waals surface area contributed by atoms with Gasteiger partial charge >= 0.3 is 0 Å². The molecule has 0 aromatic rings. The molecule has 0 saturated carbocycles. The van der Waals surface area contributed by atoms with Crippen LogP contribution in [0.4, 0.5) is 0 Å². The lowest BCUT2D eigenvalue weighted by molar-refractivity contribution is -0.193. The van der Waals surface area contributed by atoms with Crippen molar-refractivity contribution >= 4 is 0 Å². The Kier molecular flexibility index (Phi) is 6.28. The Balaban J connectivity index is 1.82. The SMILES string of the molecule is CCOCCOCCOCC1OCC1(C)C. The minimum Gasteiger partial charge on any atom is -0.379 e. The molecular formula is C12H24O4. The van der Waals surface area contributed by atoms with Crippen LogP contribution in [-0.4, -0.2) is 52.4 Å². The maximum Gasteiger partial charge on any atom is 0.0881 e. The largest absolute Gasteiger partial charge is 0.379 e. The summed E-state index contributed by atoms with van der Waals surface area (Å²) in [4.78, 5) is 0. The molecule has 0 aromatic heterocycles. The summed E-state index contributed by atoms with van der Waals surface area (Å²) >= 11 is 0. The van der Waals surface area contributed by atoms with Gasteiger partial charge in [0.25, 0.3) is 0 Å². The van der Waals surface area contributed by atoms with Crippen LogP contribution in [0, 0.1) is 5.41 Å². The van der Waals surface area contributed by atoms with Gasteiger partial charge in [-0.3, -0.25) is 0 Å². The van der Waals surface area contributed by atoms with Gasteiger partial charge in [-0.25, -0.2) is 0 Å². The lowest BCUT2D eigenvalue weighted by atomic mass is 9.83. The van der Waals surface area contributed by atoms with Gasteiger partial charge in [0.15, 0.2) is 0 Å². The van der Waals surface area contributed by atoms with Crippen molar-refractivity contribution in [1.82, 2.24) is 0 Å². The van der Waals surface area contributed by atoms with Crippen LogP contribution in [0.5, 0.6) is 0 Å². The van der Waals surface area contributed by atoms with E-state index in [0.29, 0.717) is 33.0 Å². The van der Waals surface area contributed by atoms with E-state index < -0.39 is 0 Å². The molecule has 0 amide bonds. The van der Waals surface area contributed by atoms with Gasteiger partial charge in [-0.15, -0.1) is 0 Å². The number of hydrogen-bond acceptors (Lipinski definition) is 4. The third kappa shape index (κ3) is 4.78. The Morgan fingerprint density at radius 3 is 2.19 bits per heavy atom. The fourth-order valence-corrected chi connectivity index (χ4v) is 1.48. The maximum absolute atomic E-state index is 5.49. The normalized spacial score (nSPS) is 23.1. The zero-order valence-electron chi connectivity index (χ0n) is 10.7. The van der Waals surface area contributed by atoms with Gasteiger partial charge in [0.2, 0.25) is 0 Å². The molecular weight excluding hydrogens is 208 g/mol. The first-order chi connectivity index (χ1) is 7.67. The summed E-state index contributed by atoms with van der Waals surface area (Å²) in [6.45, 7) is 11.2. The van der Waals surface area contributed by atoms with Crippen molar-refractivity contribution < 1.29 is 18.9 Å². The highest BCUT2D eigenvalue weighted by molar-refractivity contribution is 4.86. The molecule has 1 saturated heterocycles. The Hall–Kier alpha value is -0.160. The molecule has 0 bridgehead atoms. The maximum atomic E-state index is 5.49. The van der Waals surface area contributed by atoms with E-state index in [0.717, 1.165) is 13.2 Å². The zero-order chi connectivity index (χ0) is 11.9. The average Bonchev–Trinajstić information content (AvgIpc) is 2.25. The third-order valence-electron chi connectivity index (χ3n) is 2.75. The third-order valence-corrected chi connectivity index (χ3v) is 2.75. The van der Waals surface area contributed by atoms with Gasteiger partial charge in [0, 0.05) is 12.0 Å². The van der Waals surface area contributed by atoms with E-state index >= 15 is 0 Å². The van der Waals surface area contributed by atoms with E-state index in [1.54, 1.807) is 0 Å². The fourth-order valence-electron chi connectivity index (χ4n) is 1.48. The molecule has 96 valence electrons. The van der Waals surface area contributed by atoms with Gasteiger partial charge in [-0.05, 0) is 6.92 Å². The lowest BCUT2D eigenvalue weighted by Crippen LogP contribution is -2.50. The van der Waals surface area contributed by atoms with Crippen LogP contribution < -0.4 is 0 Å². The quantitative estimate of drug-likeness (QED) is 0.564. The molecule has 1 unspecified atom stereocenters. The summed E-state index contributed by atoms with van der Waals surface area (Å²) in [5.74, 6) is 0. The van der Waals surface area contributed by atoms with E-state index in [9.17, 15) is 0 Å². The molecule has 1 rings (SSSR count). The van der Waals surface area contributed by atoms with Gasteiger partial charge < -0.3 is 18.9 Å². The monoisotopic (exact) mass is 232 g/mol. The van der Waals surface area contributed by atoms with Crippen LogP contribution in [-0.2, 0) is 18.9 Å². The highest BCUT2D eigenvalue weighted by Crippen LogP contribution is 2.33. The standard InChI is InChI=1S/C12H24O4/c1-4-13-5-6-14-7-8-15-9-11-12(2,3)10-16-11/h11H,4-10H2,1-3H3. The van der Waals surface area contributed by atoms with Gasteiger partial charge in [-0.2, -0.15) is 0 Å². The topological polar surface area (TPSA) is 36.9 Å². The van der Waals surface area contributed by atoms with Crippen molar-refractivity contribution in [1.29, 1.82) is 0 Å². The highest BCUT2D eigenvalue weighted by Gasteiger charge is 2.39. The first-order valence-corrected chi connectivity index (χ1v) is 6.01. The Labute approximate surface area is 98.2 Å². The summed E-state index contributed by atoms with van der Waals surface area (Å²) in [6.07, 6.45) is 0.246. The van der Waals surface area contributed by atoms with Crippen LogP contribution >= 0.6 is 0 Å². The van der Waals surface area contributed by atoms with Gasteiger partial charge in [0.1, 0.15) is 0 Å². The minimum absolute atomic E-state index is 0.246. The van der Waals surface area contributed by atoms with Crippen molar-refractivity contribution in [3.8, 4) is 0 Å². The highest BCUT2D eigenvalue weighted by atomic mass is 16.6. The van der Waals surface area contributed by atoms with E-state index in [4.69, 9.17) is 18.9 Å². The predicted octanol–water partition coefficient (Wildman–Crippen LogP) is 1.48. The van der Waals surface area contributed by atoms with Crippen LogP contribution in [0.1, 0.15) is 20.8 Å². The van der Waals surface area contributed by atoms with E-state index in [1.807, 2.05) is 6.92 Å². The molecule has 1 heterocycles. The molecule has 0 aliphatic carbocycles. The van der Waals surface area contributed by atoms with Crippen LogP contribution in [0.15, 0.2) is 0 Å². The van der Waals surface area contributed by atoms with Crippen molar-refractivity contribution in [2.75, 3.05) is 46.2 Å². The molecule has 0 radical (unpaired) electrons. The summed E-state index contributed by atoms with van der Waals surface area (Å²) in [6, 6.07) is 0. The van der Waals surface area contributed by atoms with Crippen molar-refractivity contribution in [2.45, 2.75) is 26.9 Å².